The maximum absolute atomic E-state index is 6.02. The van der Waals surface area contributed by atoms with Crippen LogP contribution in [-0.2, 0) is 0 Å². The standard InChI is InChI=1S/C12H10Cl2N4S/c1-18(9-6-10(13)16-17-11(9)14)8-4-2-3-7(5-8)12(15)19/h2-6H,1H3,(H2,15,19). The fourth-order valence-electron chi connectivity index (χ4n) is 1.59. The van der Waals surface area contributed by atoms with E-state index >= 15 is 0 Å². The second-order valence-electron chi connectivity index (χ2n) is 3.82. The van der Waals surface area contributed by atoms with Crippen molar-refractivity contribution in [1.29, 1.82) is 0 Å². The summed E-state index contributed by atoms with van der Waals surface area (Å²) in [7, 11) is 1.85. The topological polar surface area (TPSA) is 55.0 Å². The van der Waals surface area contributed by atoms with Gasteiger partial charge in [-0.1, -0.05) is 47.6 Å². The van der Waals surface area contributed by atoms with E-state index in [1.165, 1.54) is 0 Å². The number of anilines is 2. The van der Waals surface area contributed by atoms with Crippen LogP contribution in [0.5, 0.6) is 0 Å². The van der Waals surface area contributed by atoms with Gasteiger partial charge in [0.05, 0.1) is 5.69 Å². The summed E-state index contributed by atoms with van der Waals surface area (Å²) in [4.78, 5) is 2.18. The molecule has 0 radical (unpaired) electrons. The normalized spacial score (nSPS) is 10.3. The number of aromatic nitrogens is 2. The summed E-state index contributed by atoms with van der Waals surface area (Å²) in [6.45, 7) is 0. The second kappa shape index (κ2) is 5.69. The molecule has 0 spiro atoms. The molecule has 7 heteroatoms. The molecule has 1 aromatic heterocycles. The van der Waals surface area contributed by atoms with Crippen LogP contribution in [0.4, 0.5) is 11.4 Å². The molecule has 4 nitrogen and oxygen atoms in total. The van der Waals surface area contributed by atoms with Gasteiger partial charge in [0.25, 0.3) is 0 Å². The molecule has 0 aliphatic carbocycles. The zero-order chi connectivity index (χ0) is 14.0. The van der Waals surface area contributed by atoms with E-state index in [-0.39, 0.29) is 10.3 Å². The Hall–Kier alpha value is -1.43. The first-order chi connectivity index (χ1) is 8.99. The molecule has 0 saturated carbocycles. The lowest BCUT2D eigenvalue weighted by Crippen LogP contribution is -2.14. The fourth-order valence-corrected chi connectivity index (χ4v) is 2.07. The molecule has 1 heterocycles. The van der Waals surface area contributed by atoms with Gasteiger partial charge in [0.1, 0.15) is 4.99 Å². The first-order valence-corrected chi connectivity index (χ1v) is 6.48. The predicted molar refractivity (Wildman–Crippen MR) is 82.4 cm³/mol. The Kier molecular flexibility index (Phi) is 4.19. The van der Waals surface area contributed by atoms with Crippen LogP contribution in [0.15, 0.2) is 30.3 Å². The molecule has 2 rings (SSSR count). The maximum atomic E-state index is 6.02. The minimum Gasteiger partial charge on any atom is -0.389 e. The third kappa shape index (κ3) is 3.12. The Labute approximate surface area is 126 Å². The van der Waals surface area contributed by atoms with Gasteiger partial charge < -0.3 is 10.6 Å². The molecule has 0 fully saturated rings. The van der Waals surface area contributed by atoms with Crippen molar-refractivity contribution in [3.8, 4) is 0 Å². The monoisotopic (exact) mass is 312 g/mol. The molecule has 1 aromatic carbocycles. The van der Waals surface area contributed by atoms with E-state index in [2.05, 4.69) is 10.2 Å². The number of hydrogen-bond acceptors (Lipinski definition) is 4. The van der Waals surface area contributed by atoms with Crippen LogP contribution >= 0.6 is 35.4 Å². The minimum absolute atomic E-state index is 0.271. The summed E-state index contributed by atoms with van der Waals surface area (Å²) >= 11 is 16.8. The highest BCUT2D eigenvalue weighted by molar-refractivity contribution is 7.80. The van der Waals surface area contributed by atoms with Crippen LogP contribution in [0, 0.1) is 0 Å². The number of halogens is 2. The lowest BCUT2D eigenvalue weighted by Gasteiger charge is -2.20. The molecule has 0 saturated heterocycles. The molecule has 19 heavy (non-hydrogen) atoms. The number of nitrogens with two attached hydrogens (primary N) is 1. The first kappa shape index (κ1) is 14.0. The Balaban J connectivity index is 2.43. The average Bonchev–Trinajstić information content (AvgIpc) is 2.41. The third-order valence-electron chi connectivity index (χ3n) is 2.58. The van der Waals surface area contributed by atoms with Crippen LogP contribution in [0.2, 0.25) is 10.3 Å². The zero-order valence-electron chi connectivity index (χ0n) is 9.97. The summed E-state index contributed by atoms with van der Waals surface area (Å²) < 4.78 is 0. The van der Waals surface area contributed by atoms with E-state index in [1.807, 2.05) is 36.2 Å². The summed E-state index contributed by atoms with van der Waals surface area (Å²) in [6.07, 6.45) is 0. The number of rotatable bonds is 3. The third-order valence-corrected chi connectivity index (χ3v) is 3.27. The van der Waals surface area contributed by atoms with Crippen molar-refractivity contribution in [3.05, 3.63) is 46.2 Å². The van der Waals surface area contributed by atoms with Gasteiger partial charge in [0.15, 0.2) is 10.3 Å². The molecule has 0 unspecified atom stereocenters. The molecule has 0 aliphatic heterocycles. The van der Waals surface area contributed by atoms with Crippen LogP contribution in [-0.4, -0.2) is 22.2 Å². The number of thiocarbonyl (C=S) groups is 1. The van der Waals surface area contributed by atoms with Crippen molar-refractivity contribution in [3.63, 3.8) is 0 Å². The molecule has 98 valence electrons. The van der Waals surface area contributed by atoms with Gasteiger partial charge in [-0.25, -0.2) is 0 Å². The molecule has 0 atom stereocenters. The van der Waals surface area contributed by atoms with Gasteiger partial charge in [0.2, 0.25) is 0 Å². The van der Waals surface area contributed by atoms with Gasteiger partial charge in [-0.2, -0.15) is 0 Å². The Bertz CT molecular complexity index is 633. The van der Waals surface area contributed by atoms with E-state index < -0.39 is 0 Å². The quantitative estimate of drug-likeness (QED) is 0.882. The SMILES string of the molecule is CN(c1cccc(C(N)=S)c1)c1cc(Cl)nnc1Cl. The van der Waals surface area contributed by atoms with Crippen molar-refractivity contribution < 1.29 is 0 Å². The zero-order valence-corrected chi connectivity index (χ0v) is 12.3. The Morgan fingerprint density at radius 2 is 2.00 bits per heavy atom. The molecule has 0 aliphatic rings. The van der Waals surface area contributed by atoms with Gasteiger partial charge in [-0.3, -0.25) is 0 Å². The van der Waals surface area contributed by atoms with Crippen LogP contribution < -0.4 is 10.6 Å². The fraction of sp³-hybridized carbons (Fsp3) is 0.0833. The molecular weight excluding hydrogens is 303 g/mol. The van der Waals surface area contributed by atoms with Crippen molar-refractivity contribution >= 4 is 51.8 Å². The Morgan fingerprint density at radius 3 is 2.68 bits per heavy atom. The molecule has 0 bridgehead atoms. The molecule has 2 aromatic rings. The smallest absolute Gasteiger partial charge is 0.175 e. The van der Waals surface area contributed by atoms with E-state index in [9.17, 15) is 0 Å². The van der Waals surface area contributed by atoms with E-state index in [1.54, 1.807) is 6.07 Å². The van der Waals surface area contributed by atoms with E-state index in [0.717, 1.165) is 11.3 Å². The molecular formula is C12H10Cl2N4S. The summed E-state index contributed by atoms with van der Waals surface area (Å²) in [5.41, 5.74) is 7.93. The van der Waals surface area contributed by atoms with Gasteiger partial charge in [0, 0.05) is 24.4 Å². The van der Waals surface area contributed by atoms with Crippen molar-refractivity contribution in [2.24, 2.45) is 5.73 Å². The summed E-state index contributed by atoms with van der Waals surface area (Å²) in [5.74, 6) is 0. The van der Waals surface area contributed by atoms with Crippen molar-refractivity contribution in [2.45, 2.75) is 0 Å². The number of benzene rings is 1. The summed E-state index contributed by atoms with van der Waals surface area (Å²) in [6, 6.07) is 9.13. The van der Waals surface area contributed by atoms with Crippen molar-refractivity contribution in [2.75, 3.05) is 11.9 Å². The Morgan fingerprint density at radius 1 is 1.26 bits per heavy atom. The number of hydrogen-bond donors (Lipinski definition) is 1. The highest BCUT2D eigenvalue weighted by atomic mass is 35.5. The van der Waals surface area contributed by atoms with Crippen LogP contribution in [0.3, 0.4) is 0 Å². The second-order valence-corrected chi connectivity index (χ2v) is 5.00. The van der Waals surface area contributed by atoms with E-state index in [0.29, 0.717) is 10.7 Å². The molecule has 0 amide bonds. The average molecular weight is 313 g/mol. The minimum atomic E-state index is 0.271. The lowest BCUT2D eigenvalue weighted by atomic mass is 10.2. The van der Waals surface area contributed by atoms with Crippen LogP contribution in [0.25, 0.3) is 0 Å². The van der Waals surface area contributed by atoms with Gasteiger partial charge in [-0.05, 0) is 12.1 Å². The number of nitrogens with zero attached hydrogens (tertiary/aromatic N) is 3. The van der Waals surface area contributed by atoms with Gasteiger partial charge in [-0.15, -0.1) is 10.2 Å². The summed E-state index contributed by atoms with van der Waals surface area (Å²) in [5, 5.41) is 8.00. The maximum Gasteiger partial charge on any atom is 0.175 e. The highest BCUT2D eigenvalue weighted by Gasteiger charge is 2.11. The highest BCUT2D eigenvalue weighted by Crippen LogP contribution is 2.30. The van der Waals surface area contributed by atoms with Gasteiger partial charge >= 0.3 is 0 Å². The lowest BCUT2D eigenvalue weighted by molar-refractivity contribution is 1.02. The van der Waals surface area contributed by atoms with Crippen molar-refractivity contribution in [1.82, 2.24) is 10.2 Å². The predicted octanol–water partition coefficient (Wildman–Crippen LogP) is 3.19. The molecule has 2 N–H and O–H groups in total. The van der Waals surface area contributed by atoms with Crippen LogP contribution in [0.1, 0.15) is 5.56 Å². The largest absolute Gasteiger partial charge is 0.389 e. The first-order valence-electron chi connectivity index (χ1n) is 5.31. The van der Waals surface area contributed by atoms with E-state index in [4.69, 9.17) is 41.2 Å².